The van der Waals surface area contributed by atoms with E-state index in [9.17, 15) is 0 Å². The zero-order valence-electron chi connectivity index (χ0n) is 9.15. The molecule has 1 saturated heterocycles. The van der Waals surface area contributed by atoms with E-state index in [1.807, 2.05) is 10.9 Å². The molecule has 1 aliphatic rings. The molecule has 0 spiro atoms. The monoisotopic (exact) mass is 210 g/mol. The Morgan fingerprint density at radius 1 is 1.53 bits per heavy atom. The molecule has 1 aliphatic heterocycles. The molecule has 2 rings (SSSR count). The summed E-state index contributed by atoms with van der Waals surface area (Å²) in [5, 5.41) is 11.5. The molecule has 0 atom stereocenters. The van der Waals surface area contributed by atoms with E-state index in [-0.39, 0.29) is 0 Å². The molecule has 2 heterocycles. The molecule has 5 heteroatoms. The van der Waals surface area contributed by atoms with Gasteiger partial charge < -0.3 is 10.1 Å². The van der Waals surface area contributed by atoms with Gasteiger partial charge in [0.15, 0.2) is 0 Å². The van der Waals surface area contributed by atoms with E-state index in [2.05, 4.69) is 22.6 Å². The summed E-state index contributed by atoms with van der Waals surface area (Å²) < 4.78 is 7.30. The summed E-state index contributed by atoms with van der Waals surface area (Å²) in [6, 6.07) is 0.474. The van der Waals surface area contributed by atoms with E-state index >= 15 is 0 Å². The summed E-state index contributed by atoms with van der Waals surface area (Å²) in [5.74, 6) is 0. The summed E-state index contributed by atoms with van der Waals surface area (Å²) in [7, 11) is 0. The topological polar surface area (TPSA) is 52.0 Å². The number of rotatable bonds is 4. The Morgan fingerprint density at radius 3 is 3.07 bits per heavy atom. The van der Waals surface area contributed by atoms with E-state index < -0.39 is 0 Å². The quantitative estimate of drug-likeness (QED) is 0.796. The predicted octanol–water partition coefficient (Wildman–Crippen LogP) is 0.739. The van der Waals surface area contributed by atoms with E-state index in [1.165, 1.54) is 0 Å². The van der Waals surface area contributed by atoms with Gasteiger partial charge in [0.1, 0.15) is 0 Å². The van der Waals surface area contributed by atoms with Gasteiger partial charge in [0.05, 0.1) is 17.9 Å². The molecule has 0 saturated carbocycles. The van der Waals surface area contributed by atoms with Crippen molar-refractivity contribution in [2.24, 2.45) is 0 Å². The first-order valence-electron chi connectivity index (χ1n) is 5.59. The Labute approximate surface area is 89.8 Å². The summed E-state index contributed by atoms with van der Waals surface area (Å²) in [5.41, 5.74) is 1.02. The molecule has 84 valence electrons. The largest absolute Gasteiger partial charge is 0.381 e. The second-order valence-electron chi connectivity index (χ2n) is 3.81. The molecule has 0 amide bonds. The van der Waals surface area contributed by atoms with Crippen molar-refractivity contribution >= 4 is 0 Å². The lowest BCUT2D eigenvalue weighted by Gasteiger charge is -2.21. The Morgan fingerprint density at radius 2 is 2.33 bits per heavy atom. The van der Waals surface area contributed by atoms with Crippen LogP contribution in [0.2, 0.25) is 0 Å². The Balaban J connectivity index is 1.93. The van der Waals surface area contributed by atoms with Crippen LogP contribution in [0, 0.1) is 0 Å². The molecule has 15 heavy (non-hydrogen) atoms. The van der Waals surface area contributed by atoms with Crippen LogP contribution in [0.3, 0.4) is 0 Å². The summed E-state index contributed by atoms with van der Waals surface area (Å²) in [6.45, 7) is 5.53. The highest BCUT2D eigenvalue weighted by Gasteiger charge is 2.16. The number of nitrogens with one attached hydrogen (secondary N) is 1. The lowest BCUT2D eigenvalue weighted by Crippen LogP contribution is -2.20. The van der Waals surface area contributed by atoms with Gasteiger partial charge >= 0.3 is 0 Å². The first kappa shape index (κ1) is 10.6. The number of ether oxygens (including phenoxy) is 1. The molecule has 5 nitrogen and oxygen atoms in total. The van der Waals surface area contributed by atoms with Crippen LogP contribution in [0.25, 0.3) is 0 Å². The van der Waals surface area contributed by atoms with Gasteiger partial charge in [0, 0.05) is 19.8 Å². The average molecular weight is 210 g/mol. The van der Waals surface area contributed by atoms with Crippen molar-refractivity contribution in [1.82, 2.24) is 20.3 Å². The molecular formula is C10H18N4O. The molecule has 0 aromatic carbocycles. The fraction of sp³-hybridized carbons (Fsp3) is 0.800. The summed E-state index contributed by atoms with van der Waals surface area (Å²) in [4.78, 5) is 0. The van der Waals surface area contributed by atoms with Gasteiger partial charge in [0.25, 0.3) is 0 Å². The van der Waals surface area contributed by atoms with Crippen molar-refractivity contribution in [2.45, 2.75) is 32.4 Å². The Hall–Kier alpha value is -0.940. The number of hydrogen-bond acceptors (Lipinski definition) is 4. The number of nitrogens with zero attached hydrogens (tertiary/aromatic N) is 3. The zero-order valence-corrected chi connectivity index (χ0v) is 9.15. The fourth-order valence-electron chi connectivity index (χ4n) is 1.78. The van der Waals surface area contributed by atoms with Gasteiger partial charge in [-0.25, -0.2) is 4.68 Å². The van der Waals surface area contributed by atoms with Crippen molar-refractivity contribution in [3.63, 3.8) is 0 Å². The lowest BCUT2D eigenvalue weighted by molar-refractivity contribution is 0.0657. The van der Waals surface area contributed by atoms with Crippen LogP contribution < -0.4 is 5.32 Å². The van der Waals surface area contributed by atoms with Crippen LogP contribution in [0.4, 0.5) is 0 Å². The second-order valence-corrected chi connectivity index (χ2v) is 3.81. The second kappa shape index (κ2) is 5.23. The minimum atomic E-state index is 0.474. The first-order chi connectivity index (χ1) is 7.40. The van der Waals surface area contributed by atoms with Crippen LogP contribution in [0.1, 0.15) is 31.5 Å². The van der Waals surface area contributed by atoms with Gasteiger partial charge in [-0.1, -0.05) is 12.1 Å². The SMILES string of the molecule is CCNCc1cn(C2CCOCC2)nn1. The Kier molecular flexibility index (Phi) is 3.69. The Bertz CT molecular complexity index is 293. The van der Waals surface area contributed by atoms with E-state index in [0.717, 1.165) is 44.8 Å². The van der Waals surface area contributed by atoms with Crippen molar-refractivity contribution in [3.8, 4) is 0 Å². The summed E-state index contributed by atoms with van der Waals surface area (Å²) in [6.07, 6.45) is 4.13. The van der Waals surface area contributed by atoms with Crippen LogP contribution in [0.15, 0.2) is 6.20 Å². The predicted molar refractivity (Wildman–Crippen MR) is 56.5 cm³/mol. The van der Waals surface area contributed by atoms with Gasteiger partial charge in [-0.15, -0.1) is 5.10 Å². The number of aromatic nitrogens is 3. The molecular weight excluding hydrogens is 192 g/mol. The van der Waals surface area contributed by atoms with Gasteiger partial charge in [-0.3, -0.25) is 0 Å². The third kappa shape index (κ3) is 2.76. The van der Waals surface area contributed by atoms with Crippen LogP contribution >= 0.6 is 0 Å². The van der Waals surface area contributed by atoms with Crippen LogP contribution in [-0.4, -0.2) is 34.8 Å². The molecule has 0 bridgehead atoms. The summed E-state index contributed by atoms with van der Waals surface area (Å²) >= 11 is 0. The molecule has 1 aromatic rings. The first-order valence-corrected chi connectivity index (χ1v) is 5.59. The van der Waals surface area contributed by atoms with E-state index in [0.29, 0.717) is 6.04 Å². The zero-order chi connectivity index (χ0) is 10.5. The molecule has 0 unspecified atom stereocenters. The third-order valence-corrected chi connectivity index (χ3v) is 2.68. The third-order valence-electron chi connectivity index (χ3n) is 2.68. The van der Waals surface area contributed by atoms with E-state index in [1.54, 1.807) is 0 Å². The van der Waals surface area contributed by atoms with Crippen LogP contribution in [-0.2, 0) is 11.3 Å². The minimum Gasteiger partial charge on any atom is -0.381 e. The normalized spacial score (nSPS) is 18.2. The lowest BCUT2D eigenvalue weighted by atomic mass is 10.1. The molecule has 1 N–H and O–H groups in total. The molecule has 0 radical (unpaired) electrons. The minimum absolute atomic E-state index is 0.474. The van der Waals surface area contributed by atoms with Crippen molar-refractivity contribution in [3.05, 3.63) is 11.9 Å². The smallest absolute Gasteiger partial charge is 0.0964 e. The maximum Gasteiger partial charge on any atom is 0.0964 e. The highest BCUT2D eigenvalue weighted by molar-refractivity contribution is 4.93. The highest BCUT2D eigenvalue weighted by atomic mass is 16.5. The molecule has 1 fully saturated rings. The number of hydrogen-bond donors (Lipinski definition) is 1. The fourth-order valence-corrected chi connectivity index (χ4v) is 1.78. The van der Waals surface area contributed by atoms with E-state index in [4.69, 9.17) is 4.74 Å². The van der Waals surface area contributed by atoms with Gasteiger partial charge in [-0.2, -0.15) is 0 Å². The maximum absolute atomic E-state index is 5.32. The molecule has 0 aliphatic carbocycles. The van der Waals surface area contributed by atoms with Crippen molar-refractivity contribution in [2.75, 3.05) is 19.8 Å². The van der Waals surface area contributed by atoms with Gasteiger partial charge in [0.2, 0.25) is 0 Å². The highest BCUT2D eigenvalue weighted by Crippen LogP contribution is 2.19. The van der Waals surface area contributed by atoms with Crippen molar-refractivity contribution in [1.29, 1.82) is 0 Å². The van der Waals surface area contributed by atoms with Crippen molar-refractivity contribution < 1.29 is 4.74 Å². The van der Waals surface area contributed by atoms with Crippen LogP contribution in [0.5, 0.6) is 0 Å². The molecule has 1 aromatic heterocycles. The average Bonchev–Trinajstić information content (AvgIpc) is 2.76. The maximum atomic E-state index is 5.32. The van der Waals surface area contributed by atoms with Gasteiger partial charge in [-0.05, 0) is 19.4 Å². The standard InChI is InChI=1S/C10H18N4O/c1-2-11-7-9-8-14(13-12-9)10-3-5-15-6-4-10/h8,10-11H,2-7H2,1H3.